The minimum atomic E-state index is 0.643. The molecule has 4 heteroatoms. The van der Waals surface area contributed by atoms with E-state index in [2.05, 4.69) is 9.97 Å². The summed E-state index contributed by atoms with van der Waals surface area (Å²) in [5.74, 6) is 0. The lowest BCUT2D eigenvalue weighted by Crippen LogP contribution is -1.80. The molecule has 16 heavy (non-hydrogen) atoms. The number of hydrogen-bond donors (Lipinski definition) is 0. The van der Waals surface area contributed by atoms with E-state index in [0.717, 1.165) is 17.0 Å². The van der Waals surface area contributed by atoms with Crippen LogP contribution in [-0.4, -0.2) is 14.4 Å². The van der Waals surface area contributed by atoms with Gasteiger partial charge in [-0.25, -0.2) is 4.98 Å². The first-order chi connectivity index (χ1) is 7.84. The zero-order valence-electron chi connectivity index (χ0n) is 8.34. The normalized spacial score (nSPS) is 10.8. The van der Waals surface area contributed by atoms with Crippen LogP contribution in [0.15, 0.2) is 48.9 Å². The van der Waals surface area contributed by atoms with Crippen molar-refractivity contribution >= 4 is 17.2 Å². The van der Waals surface area contributed by atoms with E-state index in [1.165, 1.54) is 0 Å². The number of imidazole rings is 1. The molecule has 0 radical (unpaired) electrons. The Balaban J connectivity index is 2.23. The average molecular weight is 230 g/mol. The number of hydrogen-bond acceptors (Lipinski definition) is 2. The molecule has 0 atom stereocenters. The van der Waals surface area contributed by atoms with Gasteiger partial charge in [0.1, 0.15) is 5.69 Å². The van der Waals surface area contributed by atoms with Crippen LogP contribution < -0.4 is 0 Å². The molecule has 0 fully saturated rings. The highest BCUT2D eigenvalue weighted by atomic mass is 35.5. The second-order valence-electron chi connectivity index (χ2n) is 3.43. The standard InChI is InChI=1S/C12H8ClN3/c13-9-4-3-7-16-8-11(15-12(9)16)10-5-1-2-6-14-10/h1-8H. The molecule has 3 rings (SSSR count). The third-order valence-corrected chi connectivity index (χ3v) is 2.66. The molecule has 0 aliphatic rings. The Hall–Kier alpha value is -1.87. The molecule has 0 spiro atoms. The summed E-state index contributed by atoms with van der Waals surface area (Å²) in [7, 11) is 0. The summed E-state index contributed by atoms with van der Waals surface area (Å²) in [4.78, 5) is 8.71. The van der Waals surface area contributed by atoms with Gasteiger partial charge in [0.2, 0.25) is 0 Å². The predicted octanol–water partition coefficient (Wildman–Crippen LogP) is 3.05. The first kappa shape index (κ1) is 9.36. The Kier molecular flexibility index (Phi) is 2.11. The van der Waals surface area contributed by atoms with Crippen LogP contribution in [0.5, 0.6) is 0 Å². The first-order valence-electron chi connectivity index (χ1n) is 4.89. The molecule has 78 valence electrons. The van der Waals surface area contributed by atoms with E-state index in [-0.39, 0.29) is 0 Å². The zero-order valence-corrected chi connectivity index (χ0v) is 9.09. The molecule has 0 amide bonds. The van der Waals surface area contributed by atoms with Crippen LogP contribution in [0.25, 0.3) is 17.0 Å². The Morgan fingerprint density at radius 1 is 1.06 bits per heavy atom. The van der Waals surface area contributed by atoms with E-state index in [1.807, 2.05) is 47.1 Å². The molecule has 0 aliphatic heterocycles. The highest BCUT2D eigenvalue weighted by Gasteiger charge is 2.06. The largest absolute Gasteiger partial charge is 0.305 e. The number of pyridine rings is 2. The molecule has 0 unspecified atom stereocenters. The van der Waals surface area contributed by atoms with Crippen molar-refractivity contribution in [3.8, 4) is 11.4 Å². The van der Waals surface area contributed by atoms with Gasteiger partial charge in [-0.3, -0.25) is 4.98 Å². The molecule has 3 aromatic rings. The smallest absolute Gasteiger partial charge is 0.156 e. The molecular formula is C12H8ClN3. The third-order valence-electron chi connectivity index (χ3n) is 2.36. The maximum atomic E-state index is 6.05. The fourth-order valence-corrected chi connectivity index (χ4v) is 1.83. The number of fused-ring (bicyclic) bond motifs is 1. The van der Waals surface area contributed by atoms with Crippen molar-refractivity contribution in [2.24, 2.45) is 0 Å². The van der Waals surface area contributed by atoms with Crippen LogP contribution >= 0.6 is 11.6 Å². The monoisotopic (exact) mass is 229 g/mol. The minimum absolute atomic E-state index is 0.643. The molecule has 3 nitrogen and oxygen atoms in total. The lowest BCUT2D eigenvalue weighted by molar-refractivity contribution is 1.19. The van der Waals surface area contributed by atoms with E-state index in [0.29, 0.717) is 5.02 Å². The highest BCUT2D eigenvalue weighted by molar-refractivity contribution is 6.33. The van der Waals surface area contributed by atoms with Gasteiger partial charge in [-0.15, -0.1) is 0 Å². The van der Waals surface area contributed by atoms with E-state index < -0.39 is 0 Å². The van der Waals surface area contributed by atoms with Crippen LogP contribution in [0.4, 0.5) is 0 Å². The van der Waals surface area contributed by atoms with Crippen molar-refractivity contribution < 1.29 is 0 Å². The van der Waals surface area contributed by atoms with Gasteiger partial charge in [-0.2, -0.15) is 0 Å². The van der Waals surface area contributed by atoms with Crippen LogP contribution in [-0.2, 0) is 0 Å². The summed E-state index contributed by atoms with van der Waals surface area (Å²) in [5.41, 5.74) is 2.43. The zero-order chi connectivity index (χ0) is 11.0. The van der Waals surface area contributed by atoms with Crippen molar-refractivity contribution in [3.63, 3.8) is 0 Å². The Morgan fingerprint density at radius 3 is 2.75 bits per heavy atom. The van der Waals surface area contributed by atoms with Gasteiger partial charge < -0.3 is 4.40 Å². The second kappa shape index (κ2) is 3.61. The summed E-state index contributed by atoms with van der Waals surface area (Å²) in [6.45, 7) is 0. The van der Waals surface area contributed by atoms with Gasteiger partial charge in [0, 0.05) is 18.6 Å². The fourth-order valence-electron chi connectivity index (χ4n) is 1.62. The van der Waals surface area contributed by atoms with E-state index >= 15 is 0 Å². The topological polar surface area (TPSA) is 30.2 Å². The summed E-state index contributed by atoms with van der Waals surface area (Å²) >= 11 is 6.05. The molecule has 0 aromatic carbocycles. The van der Waals surface area contributed by atoms with E-state index in [4.69, 9.17) is 11.6 Å². The molecule has 0 saturated heterocycles. The van der Waals surface area contributed by atoms with Crippen molar-refractivity contribution in [3.05, 3.63) is 53.9 Å². The molecular weight excluding hydrogens is 222 g/mol. The van der Waals surface area contributed by atoms with E-state index in [9.17, 15) is 0 Å². The van der Waals surface area contributed by atoms with Crippen molar-refractivity contribution in [1.82, 2.24) is 14.4 Å². The van der Waals surface area contributed by atoms with Gasteiger partial charge in [0.15, 0.2) is 5.65 Å². The average Bonchev–Trinajstić information content (AvgIpc) is 2.76. The lowest BCUT2D eigenvalue weighted by atomic mass is 10.3. The highest BCUT2D eigenvalue weighted by Crippen LogP contribution is 2.21. The minimum Gasteiger partial charge on any atom is -0.305 e. The summed E-state index contributed by atoms with van der Waals surface area (Å²) in [5, 5.41) is 0.643. The predicted molar refractivity (Wildman–Crippen MR) is 63.4 cm³/mol. The Labute approximate surface area is 97.3 Å². The Morgan fingerprint density at radius 2 is 2.00 bits per heavy atom. The Bertz CT molecular complexity index is 631. The number of halogens is 1. The molecule has 0 aliphatic carbocycles. The first-order valence-corrected chi connectivity index (χ1v) is 5.27. The van der Waals surface area contributed by atoms with Gasteiger partial charge in [-0.05, 0) is 24.3 Å². The van der Waals surface area contributed by atoms with Crippen LogP contribution in [0.2, 0.25) is 5.02 Å². The molecule has 0 saturated carbocycles. The second-order valence-corrected chi connectivity index (χ2v) is 3.84. The molecule has 3 heterocycles. The third kappa shape index (κ3) is 1.46. The quantitative estimate of drug-likeness (QED) is 0.642. The number of aromatic nitrogens is 3. The maximum absolute atomic E-state index is 6.05. The molecule has 0 N–H and O–H groups in total. The lowest BCUT2D eigenvalue weighted by Gasteiger charge is -1.92. The van der Waals surface area contributed by atoms with Gasteiger partial charge >= 0.3 is 0 Å². The summed E-state index contributed by atoms with van der Waals surface area (Å²) in [6.07, 6.45) is 5.59. The van der Waals surface area contributed by atoms with Crippen molar-refractivity contribution in [2.45, 2.75) is 0 Å². The number of nitrogens with zero attached hydrogens (tertiary/aromatic N) is 3. The summed E-state index contributed by atoms with van der Waals surface area (Å²) < 4.78 is 1.90. The van der Waals surface area contributed by atoms with Crippen LogP contribution in [0, 0.1) is 0 Å². The van der Waals surface area contributed by atoms with Crippen molar-refractivity contribution in [2.75, 3.05) is 0 Å². The molecule has 0 bridgehead atoms. The maximum Gasteiger partial charge on any atom is 0.156 e. The van der Waals surface area contributed by atoms with Gasteiger partial charge in [-0.1, -0.05) is 17.7 Å². The van der Waals surface area contributed by atoms with E-state index in [1.54, 1.807) is 6.20 Å². The van der Waals surface area contributed by atoms with Gasteiger partial charge in [0.05, 0.1) is 10.7 Å². The summed E-state index contributed by atoms with van der Waals surface area (Å²) in [6, 6.07) is 9.46. The SMILES string of the molecule is Clc1cccn2cc(-c3ccccn3)nc12. The van der Waals surface area contributed by atoms with Gasteiger partial charge in [0.25, 0.3) is 0 Å². The van der Waals surface area contributed by atoms with Crippen LogP contribution in [0.1, 0.15) is 0 Å². The fraction of sp³-hybridized carbons (Fsp3) is 0. The molecule has 3 aromatic heterocycles. The van der Waals surface area contributed by atoms with Crippen molar-refractivity contribution in [1.29, 1.82) is 0 Å². The number of rotatable bonds is 1. The van der Waals surface area contributed by atoms with Crippen LogP contribution in [0.3, 0.4) is 0 Å².